The first kappa shape index (κ1) is 12.1. The van der Waals surface area contributed by atoms with Gasteiger partial charge in [-0.15, -0.1) is 0 Å². The predicted octanol–water partition coefficient (Wildman–Crippen LogP) is 2.49. The molecular formula is C10H10BrFO3. The molecule has 0 saturated heterocycles. The van der Waals surface area contributed by atoms with E-state index in [1.807, 2.05) is 0 Å². The number of carboxylic acids is 1. The van der Waals surface area contributed by atoms with Crippen molar-refractivity contribution in [1.82, 2.24) is 0 Å². The molecule has 0 fully saturated rings. The summed E-state index contributed by atoms with van der Waals surface area (Å²) in [6, 6.07) is 4.27. The van der Waals surface area contributed by atoms with Gasteiger partial charge in [-0.1, -0.05) is 22.0 Å². The highest BCUT2D eigenvalue weighted by Gasteiger charge is 2.14. The second kappa shape index (κ2) is 5.23. The molecule has 82 valence electrons. The molecule has 0 amide bonds. The summed E-state index contributed by atoms with van der Waals surface area (Å²) >= 11 is 3.09. The standard InChI is InChI=1S/C10H10BrFO3/c11-6-1-2-7(8(12)5-6)9(13)3-4-10(14)15/h1-2,5,9,13H,3-4H2,(H,14,15). The van der Waals surface area contributed by atoms with Crippen molar-refractivity contribution in [1.29, 1.82) is 0 Å². The second-order valence-electron chi connectivity index (χ2n) is 3.11. The van der Waals surface area contributed by atoms with Gasteiger partial charge in [-0.3, -0.25) is 4.79 Å². The Bertz CT molecular complexity index is 368. The first-order valence-electron chi connectivity index (χ1n) is 4.35. The molecule has 1 rings (SSSR count). The van der Waals surface area contributed by atoms with E-state index in [1.54, 1.807) is 6.07 Å². The van der Waals surface area contributed by atoms with E-state index in [0.717, 1.165) is 0 Å². The molecule has 0 heterocycles. The first-order valence-corrected chi connectivity index (χ1v) is 5.15. The normalized spacial score (nSPS) is 12.5. The third kappa shape index (κ3) is 3.60. The van der Waals surface area contributed by atoms with Crippen molar-refractivity contribution in [2.75, 3.05) is 0 Å². The third-order valence-corrected chi connectivity index (χ3v) is 2.45. The van der Waals surface area contributed by atoms with Gasteiger partial charge in [0.05, 0.1) is 6.10 Å². The zero-order chi connectivity index (χ0) is 11.4. The van der Waals surface area contributed by atoms with Crippen molar-refractivity contribution < 1.29 is 19.4 Å². The van der Waals surface area contributed by atoms with Gasteiger partial charge in [0.15, 0.2) is 0 Å². The fourth-order valence-electron chi connectivity index (χ4n) is 1.19. The monoisotopic (exact) mass is 276 g/mol. The fraction of sp³-hybridized carbons (Fsp3) is 0.300. The number of aliphatic hydroxyl groups is 1. The van der Waals surface area contributed by atoms with Crippen molar-refractivity contribution in [3.05, 3.63) is 34.1 Å². The number of hydrogen-bond donors (Lipinski definition) is 2. The Morgan fingerprint density at radius 3 is 2.73 bits per heavy atom. The van der Waals surface area contributed by atoms with E-state index < -0.39 is 17.9 Å². The molecule has 0 aliphatic carbocycles. The maximum absolute atomic E-state index is 13.3. The van der Waals surface area contributed by atoms with Gasteiger partial charge in [0.1, 0.15) is 5.82 Å². The Kier molecular flexibility index (Phi) is 4.23. The van der Waals surface area contributed by atoms with Gasteiger partial charge in [-0.25, -0.2) is 4.39 Å². The highest BCUT2D eigenvalue weighted by Crippen LogP contribution is 2.23. The van der Waals surface area contributed by atoms with Crippen LogP contribution in [0.3, 0.4) is 0 Å². The lowest BCUT2D eigenvalue weighted by Crippen LogP contribution is -2.04. The molecule has 0 aliphatic heterocycles. The Morgan fingerprint density at radius 2 is 2.20 bits per heavy atom. The molecule has 3 nitrogen and oxygen atoms in total. The van der Waals surface area contributed by atoms with Gasteiger partial charge in [-0.05, 0) is 18.6 Å². The lowest BCUT2D eigenvalue weighted by atomic mass is 10.0. The number of benzene rings is 1. The summed E-state index contributed by atoms with van der Waals surface area (Å²) in [5.74, 6) is -1.55. The Morgan fingerprint density at radius 1 is 1.53 bits per heavy atom. The van der Waals surface area contributed by atoms with Crippen LogP contribution in [0.2, 0.25) is 0 Å². The molecule has 1 aromatic carbocycles. The maximum Gasteiger partial charge on any atom is 0.303 e. The van der Waals surface area contributed by atoms with Gasteiger partial charge in [0.25, 0.3) is 0 Å². The molecule has 15 heavy (non-hydrogen) atoms. The highest BCUT2D eigenvalue weighted by molar-refractivity contribution is 9.10. The molecule has 1 atom stereocenters. The number of hydrogen-bond acceptors (Lipinski definition) is 2. The topological polar surface area (TPSA) is 57.5 Å². The molecule has 0 aliphatic rings. The average Bonchev–Trinajstić information content (AvgIpc) is 2.14. The zero-order valence-corrected chi connectivity index (χ0v) is 9.37. The summed E-state index contributed by atoms with van der Waals surface area (Å²) in [6.45, 7) is 0. The van der Waals surface area contributed by atoms with E-state index in [0.29, 0.717) is 4.47 Å². The molecule has 0 spiro atoms. The van der Waals surface area contributed by atoms with Crippen LogP contribution in [0.4, 0.5) is 4.39 Å². The van der Waals surface area contributed by atoms with Gasteiger partial charge in [0, 0.05) is 16.5 Å². The van der Waals surface area contributed by atoms with Crippen LogP contribution in [-0.2, 0) is 4.79 Å². The van der Waals surface area contributed by atoms with Crippen LogP contribution in [-0.4, -0.2) is 16.2 Å². The SMILES string of the molecule is O=C(O)CCC(O)c1ccc(Br)cc1F. The summed E-state index contributed by atoms with van der Waals surface area (Å²) < 4.78 is 13.9. The predicted molar refractivity (Wildman–Crippen MR) is 55.9 cm³/mol. The number of aliphatic hydroxyl groups excluding tert-OH is 1. The molecule has 0 aromatic heterocycles. The number of halogens is 2. The van der Waals surface area contributed by atoms with E-state index in [1.165, 1.54) is 12.1 Å². The molecule has 1 aromatic rings. The van der Waals surface area contributed by atoms with Gasteiger partial charge >= 0.3 is 5.97 Å². The van der Waals surface area contributed by atoms with Crippen molar-refractivity contribution in [2.45, 2.75) is 18.9 Å². The van der Waals surface area contributed by atoms with Crippen LogP contribution in [0.1, 0.15) is 24.5 Å². The first-order chi connectivity index (χ1) is 7.00. The molecular weight excluding hydrogens is 267 g/mol. The van der Waals surface area contributed by atoms with Gasteiger partial charge in [-0.2, -0.15) is 0 Å². The summed E-state index contributed by atoms with van der Waals surface area (Å²) in [4.78, 5) is 10.3. The molecule has 2 N–H and O–H groups in total. The van der Waals surface area contributed by atoms with Crippen LogP contribution in [0, 0.1) is 5.82 Å². The fourth-order valence-corrected chi connectivity index (χ4v) is 1.52. The highest BCUT2D eigenvalue weighted by atomic mass is 79.9. The summed E-state index contributed by atoms with van der Waals surface area (Å²) in [5, 5.41) is 17.9. The lowest BCUT2D eigenvalue weighted by molar-refractivity contribution is -0.137. The van der Waals surface area contributed by atoms with Gasteiger partial charge in [0.2, 0.25) is 0 Å². The van der Waals surface area contributed by atoms with Crippen LogP contribution < -0.4 is 0 Å². The largest absolute Gasteiger partial charge is 0.481 e. The Balaban J connectivity index is 2.73. The second-order valence-corrected chi connectivity index (χ2v) is 4.03. The Hall–Kier alpha value is -0.940. The minimum atomic E-state index is -1.07. The number of rotatable bonds is 4. The van der Waals surface area contributed by atoms with Crippen LogP contribution >= 0.6 is 15.9 Å². The summed E-state index contributed by atoms with van der Waals surface area (Å²) in [7, 11) is 0. The summed E-state index contributed by atoms with van der Waals surface area (Å²) in [5.41, 5.74) is 0.124. The van der Waals surface area contributed by atoms with Crippen LogP contribution in [0.5, 0.6) is 0 Å². The Labute approximate surface area is 94.7 Å². The number of carboxylic acid groups (broad SMARTS) is 1. The van der Waals surface area contributed by atoms with E-state index >= 15 is 0 Å². The van der Waals surface area contributed by atoms with Crippen molar-refractivity contribution >= 4 is 21.9 Å². The molecule has 0 saturated carbocycles. The molecule has 1 unspecified atom stereocenters. The zero-order valence-electron chi connectivity index (χ0n) is 7.78. The van der Waals surface area contributed by atoms with Crippen molar-refractivity contribution in [3.63, 3.8) is 0 Å². The maximum atomic E-state index is 13.3. The smallest absolute Gasteiger partial charge is 0.303 e. The molecule has 5 heteroatoms. The average molecular weight is 277 g/mol. The number of aliphatic carboxylic acids is 1. The van der Waals surface area contributed by atoms with Gasteiger partial charge < -0.3 is 10.2 Å². The van der Waals surface area contributed by atoms with E-state index in [-0.39, 0.29) is 18.4 Å². The quantitative estimate of drug-likeness (QED) is 0.888. The van der Waals surface area contributed by atoms with E-state index in [2.05, 4.69) is 15.9 Å². The lowest BCUT2D eigenvalue weighted by Gasteiger charge is -2.10. The number of carbonyl (C=O) groups is 1. The third-order valence-electron chi connectivity index (χ3n) is 1.95. The molecule has 0 radical (unpaired) electrons. The van der Waals surface area contributed by atoms with Crippen LogP contribution in [0.25, 0.3) is 0 Å². The summed E-state index contributed by atoms with van der Waals surface area (Å²) in [6.07, 6.45) is -1.25. The molecule has 0 bridgehead atoms. The van der Waals surface area contributed by atoms with Crippen molar-refractivity contribution in [2.24, 2.45) is 0 Å². The van der Waals surface area contributed by atoms with Crippen molar-refractivity contribution in [3.8, 4) is 0 Å². The van der Waals surface area contributed by atoms with E-state index in [9.17, 15) is 14.3 Å². The van der Waals surface area contributed by atoms with E-state index in [4.69, 9.17) is 5.11 Å². The van der Waals surface area contributed by atoms with Crippen LogP contribution in [0.15, 0.2) is 22.7 Å². The minimum Gasteiger partial charge on any atom is -0.481 e. The minimum absolute atomic E-state index is 0.00782.